The molecule has 1 aliphatic rings. The Bertz CT molecular complexity index is 838. The largest absolute Gasteiger partial charge is 0.497 e. The molecule has 0 bridgehead atoms. The molecule has 2 atom stereocenters. The Morgan fingerprint density at radius 3 is 2.48 bits per heavy atom. The van der Waals surface area contributed by atoms with Crippen molar-refractivity contribution in [2.45, 2.75) is 31.8 Å². The summed E-state index contributed by atoms with van der Waals surface area (Å²) in [6.07, 6.45) is 1.05. The zero-order chi connectivity index (χ0) is 20.6. The third-order valence-corrected chi connectivity index (χ3v) is 4.89. The first-order valence-corrected chi connectivity index (χ1v) is 9.79. The molecule has 1 aliphatic heterocycles. The number of methoxy groups -OCH3 is 1. The van der Waals surface area contributed by atoms with E-state index >= 15 is 0 Å². The summed E-state index contributed by atoms with van der Waals surface area (Å²) in [6.45, 7) is 2.36. The molecule has 2 aromatic carbocycles. The van der Waals surface area contributed by atoms with Crippen molar-refractivity contribution in [1.82, 2.24) is 16.2 Å². The van der Waals surface area contributed by atoms with Gasteiger partial charge in [0.05, 0.1) is 20.1 Å². The van der Waals surface area contributed by atoms with Crippen LogP contribution in [0.2, 0.25) is 0 Å². The highest BCUT2D eigenvalue weighted by Crippen LogP contribution is 2.32. The van der Waals surface area contributed by atoms with Crippen LogP contribution in [0.5, 0.6) is 5.75 Å². The number of carbonyl (C=O) groups is 2. The molecule has 7 nitrogen and oxygen atoms in total. The quantitative estimate of drug-likeness (QED) is 0.594. The summed E-state index contributed by atoms with van der Waals surface area (Å²) in [5, 5.41) is 2.74. The second-order valence-electron chi connectivity index (χ2n) is 6.84. The number of carbonyl (C=O) groups excluding carboxylic acids is 2. The zero-order valence-corrected chi connectivity index (χ0v) is 16.7. The van der Waals surface area contributed by atoms with Crippen LogP contribution < -0.4 is 20.9 Å². The standard InChI is InChI=1S/C22H27N3O4/c1-3-29-21(26)11-12-23-22(27)16-9-7-15(8-10-16)19-14-20(25-24-19)17-5-4-6-18(13-17)28-2/h4-10,13,19-20,24-25H,3,11-12,14H2,1-2H3,(H,23,27). The second kappa shape index (κ2) is 10.0. The van der Waals surface area contributed by atoms with E-state index in [9.17, 15) is 9.59 Å². The normalized spacial score (nSPS) is 18.3. The Morgan fingerprint density at radius 2 is 1.79 bits per heavy atom. The van der Waals surface area contributed by atoms with Gasteiger partial charge in [-0.3, -0.25) is 9.59 Å². The van der Waals surface area contributed by atoms with Crippen LogP contribution in [0.1, 0.15) is 53.3 Å². The van der Waals surface area contributed by atoms with Crippen molar-refractivity contribution in [3.05, 3.63) is 65.2 Å². The van der Waals surface area contributed by atoms with E-state index in [1.807, 2.05) is 30.3 Å². The maximum absolute atomic E-state index is 12.2. The fraction of sp³-hybridized carbons (Fsp3) is 0.364. The monoisotopic (exact) mass is 397 g/mol. The van der Waals surface area contributed by atoms with Crippen LogP contribution in [0, 0.1) is 0 Å². The molecule has 3 rings (SSSR count). The lowest BCUT2D eigenvalue weighted by atomic mass is 9.97. The van der Waals surface area contributed by atoms with Gasteiger partial charge in [0, 0.05) is 24.2 Å². The highest BCUT2D eigenvalue weighted by atomic mass is 16.5. The first-order valence-electron chi connectivity index (χ1n) is 9.79. The minimum atomic E-state index is -0.312. The molecule has 2 unspecified atom stereocenters. The van der Waals surface area contributed by atoms with Crippen molar-refractivity contribution in [2.24, 2.45) is 0 Å². The van der Waals surface area contributed by atoms with E-state index in [0.717, 1.165) is 23.3 Å². The number of hydrogen-bond acceptors (Lipinski definition) is 6. The van der Waals surface area contributed by atoms with Gasteiger partial charge in [-0.05, 0) is 48.7 Å². The van der Waals surface area contributed by atoms with Gasteiger partial charge in [-0.25, -0.2) is 10.9 Å². The van der Waals surface area contributed by atoms with E-state index in [2.05, 4.69) is 22.2 Å². The summed E-state index contributed by atoms with van der Waals surface area (Å²) in [7, 11) is 1.66. The van der Waals surface area contributed by atoms with Gasteiger partial charge in [0.25, 0.3) is 5.91 Å². The molecule has 154 valence electrons. The van der Waals surface area contributed by atoms with Crippen LogP contribution in [0.3, 0.4) is 0 Å². The van der Waals surface area contributed by atoms with Crippen LogP contribution in [0.4, 0.5) is 0 Å². The Morgan fingerprint density at radius 1 is 1.07 bits per heavy atom. The van der Waals surface area contributed by atoms with Gasteiger partial charge in [-0.2, -0.15) is 0 Å². The first-order chi connectivity index (χ1) is 14.1. The lowest BCUT2D eigenvalue weighted by Gasteiger charge is -2.12. The fourth-order valence-corrected chi connectivity index (χ4v) is 3.33. The molecule has 1 fully saturated rings. The number of ether oxygens (including phenoxy) is 2. The summed E-state index contributed by atoms with van der Waals surface area (Å²) >= 11 is 0. The SMILES string of the molecule is CCOC(=O)CCNC(=O)c1ccc(C2CC(c3cccc(OC)c3)NN2)cc1. The Kier molecular flexibility index (Phi) is 7.21. The predicted octanol–water partition coefficient (Wildman–Crippen LogP) is 2.66. The molecule has 1 saturated heterocycles. The van der Waals surface area contributed by atoms with Crippen LogP contribution in [-0.2, 0) is 9.53 Å². The van der Waals surface area contributed by atoms with Crippen LogP contribution >= 0.6 is 0 Å². The molecule has 2 aromatic rings. The predicted molar refractivity (Wildman–Crippen MR) is 109 cm³/mol. The molecule has 0 saturated carbocycles. The number of amides is 1. The van der Waals surface area contributed by atoms with Gasteiger partial charge < -0.3 is 14.8 Å². The van der Waals surface area contributed by atoms with Crippen LogP contribution in [0.15, 0.2) is 48.5 Å². The van der Waals surface area contributed by atoms with Gasteiger partial charge in [0.1, 0.15) is 5.75 Å². The smallest absolute Gasteiger partial charge is 0.307 e. The molecule has 29 heavy (non-hydrogen) atoms. The van der Waals surface area contributed by atoms with Crippen molar-refractivity contribution >= 4 is 11.9 Å². The Hall–Kier alpha value is -2.90. The number of rotatable bonds is 8. The molecule has 1 heterocycles. The maximum atomic E-state index is 12.2. The zero-order valence-electron chi connectivity index (χ0n) is 16.7. The number of hydrogen-bond donors (Lipinski definition) is 3. The topological polar surface area (TPSA) is 88.7 Å². The molecule has 3 N–H and O–H groups in total. The minimum Gasteiger partial charge on any atom is -0.497 e. The molecule has 0 radical (unpaired) electrons. The highest BCUT2D eigenvalue weighted by molar-refractivity contribution is 5.94. The average molecular weight is 397 g/mol. The number of nitrogens with one attached hydrogen (secondary N) is 3. The van der Waals surface area contributed by atoms with Gasteiger partial charge in [0.2, 0.25) is 0 Å². The van der Waals surface area contributed by atoms with E-state index in [-0.39, 0.29) is 36.9 Å². The number of esters is 1. The van der Waals surface area contributed by atoms with E-state index in [1.165, 1.54) is 0 Å². The molecule has 0 spiro atoms. The number of benzene rings is 2. The molecule has 0 aliphatic carbocycles. The van der Waals surface area contributed by atoms with Crippen molar-refractivity contribution < 1.29 is 19.1 Å². The highest BCUT2D eigenvalue weighted by Gasteiger charge is 2.26. The molecule has 0 aromatic heterocycles. The Balaban J connectivity index is 1.53. The average Bonchev–Trinajstić information content (AvgIpc) is 3.24. The molecule has 1 amide bonds. The third-order valence-electron chi connectivity index (χ3n) is 4.89. The maximum Gasteiger partial charge on any atom is 0.307 e. The molecule has 7 heteroatoms. The van der Waals surface area contributed by atoms with E-state index < -0.39 is 0 Å². The van der Waals surface area contributed by atoms with Crippen molar-refractivity contribution in [1.29, 1.82) is 0 Å². The summed E-state index contributed by atoms with van der Waals surface area (Å²) in [5.74, 6) is 0.326. The van der Waals surface area contributed by atoms with E-state index in [4.69, 9.17) is 9.47 Å². The van der Waals surface area contributed by atoms with Gasteiger partial charge >= 0.3 is 5.97 Å². The van der Waals surface area contributed by atoms with E-state index in [0.29, 0.717) is 12.2 Å². The summed E-state index contributed by atoms with van der Waals surface area (Å²) in [4.78, 5) is 23.5. The number of hydrazine groups is 1. The minimum absolute atomic E-state index is 0.145. The first kappa shape index (κ1) is 20.8. The van der Waals surface area contributed by atoms with Crippen molar-refractivity contribution in [2.75, 3.05) is 20.3 Å². The van der Waals surface area contributed by atoms with Gasteiger partial charge in [-0.1, -0.05) is 24.3 Å². The molecular formula is C22H27N3O4. The van der Waals surface area contributed by atoms with Crippen LogP contribution in [-0.4, -0.2) is 32.1 Å². The molecular weight excluding hydrogens is 370 g/mol. The second-order valence-corrected chi connectivity index (χ2v) is 6.84. The van der Waals surface area contributed by atoms with E-state index in [1.54, 1.807) is 26.2 Å². The van der Waals surface area contributed by atoms with Gasteiger partial charge in [-0.15, -0.1) is 0 Å². The fourth-order valence-electron chi connectivity index (χ4n) is 3.33. The van der Waals surface area contributed by atoms with Crippen molar-refractivity contribution in [3.8, 4) is 5.75 Å². The lowest BCUT2D eigenvalue weighted by Crippen LogP contribution is -2.27. The lowest BCUT2D eigenvalue weighted by molar-refractivity contribution is -0.142. The van der Waals surface area contributed by atoms with Gasteiger partial charge in [0.15, 0.2) is 0 Å². The van der Waals surface area contributed by atoms with Crippen LogP contribution in [0.25, 0.3) is 0 Å². The summed E-state index contributed by atoms with van der Waals surface area (Å²) in [5.41, 5.74) is 9.48. The van der Waals surface area contributed by atoms with Crippen molar-refractivity contribution in [3.63, 3.8) is 0 Å². The summed E-state index contributed by atoms with van der Waals surface area (Å²) < 4.78 is 10.1. The third kappa shape index (κ3) is 5.56. The summed E-state index contributed by atoms with van der Waals surface area (Å²) in [6, 6.07) is 15.9. The Labute approximate surface area is 170 Å².